The topological polar surface area (TPSA) is 3.24 Å². The van der Waals surface area contributed by atoms with Crippen LogP contribution in [0.2, 0.25) is 0 Å². The van der Waals surface area contributed by atoms with E-state index in [0.29, 0.717) is 0 Å². The third-order valence-electron chi connectivity index (χ3n) is 2.85. The highest BCUT2D eigenvalue weighted by molar-refractivity contribution is 5.58. The molecule has 2 rings (SSSR count). The van der Waals surface area contributed by atoms with Gasteiger partial charge in [0.1, 0.15) is 0 Å². The van der Waals surface area contributed by atoms with Gasteiger partial charge in [-0.25, -0.2) is 0 Å². The summed E-state index contributed by atoms with van der Waals surface area (Å²) in [7, 11) is 0. The van der Waals surface area contributed by atoms with Crippen LogP contribution < -0.4 is 4.90 Å². The molecule has 79 valence electrons. The lowest BCUT2D eigenvalue weighted by molar-refractivity contribution is 0.899. The molecule has 1 aliphatic heterocycles. The standard InChI is InChI=1S/C14H18N/c1-2-3-4-7-11-15-12-10-13-8-5-6-9-14(13)15/h4-9H,1-3,10-12H2/b7-4+. The van der Waals surface area contributed by atoms with Gasteiger partial charge in [-0.2, -0.15) is 0 Å². The summed E-state index contributed by atoms with van der Waals surface area (Å²) in [6.45, 7) is 6.03. The molecule has 1 radical (unpaired) electrons. The summed E-state index contributed by atoms with van der Waals surface area (Å²) in [4.78, 5) is 2.44. The zero-order valence-corrected chi connectivity index (χ0v) is 9.15. The van der Waals surface area contributed by atoms with Gasteiger partial charge < -0.3 is 4.90 Å². The molecule has 1 heterocycles. The van der Waals surface area contributed by atoms with Crippen molar-refractivity contribution in [3.8, 4) is 0 Å². The number of unbranched alkanes of at least 4 members (excludes halogenated alkanes) is 1. The van der Waals surface area contributed by atoms with Gasteiger partial charge in [0.2, 0.25) is 0 Å². The molecule has 0 atom stereocenters. The van der Waals surface area contributed by atoms with E-state index < -0.39 is 0 Å². The molecule has 1 aromatic rings. The van der Waals surface area contributed by atoms with E-state index in [1.165, 1.54) is 17.7 Å². The van der Waals surface area contributed by atoms with Crippen LogP contribution in [0.5, 0.6) is 0 Å². The summed E-state index contributed by atoms with van der Waals surface area (Å²) in [5.74, 6) is 0. The molecule has 0 bridgehead atoms. The molecule has 1 nitrogen and oxygen atoms in total. The van der Waals surface area contributed by atoms with E-state index >= 15 is 0 Å². The van der Waals surface area contributed by atoms with Gasteiger partial charge in [-0.05, 0) is 30.9 Å². The second-order valence-electron chi connectivity index (χ2n) is 3.94. The van der Waals surface area contributed by atoms with Crippen LogP contribution in [-0.2, 0) is 6.42 Å². The number of hydrogen-bond acceptors (Lipinski definition) is 1. The number of allylic oxidation sites excluding steroid dienone is 1. The molecular weight excluding hydrogens is 182 g/mol. The maximum atomic E-state index is 3.83. The monoisotopic (exact) mass is 200 g/mol. The minimum Gasteiger partial charge on any atom is -0.367 e. The Labute approximate surface area is 92.4 Å². The molecule has 0 saturated carbocycles. The van der Waals surface area contributed by atoms with Gasteiger partial charge in [-0.15, -0.1) is 0 Å². The van der Waals surface area contributed by atoms with Crippen LogP contribution in [0.4, 0.5) is 5.69 Å². The molecule has 0 aliphatic carbocycles. The van der Waals surface area contributed by atoms with Crippen molar-refractivity contribution in [2.24, 2.45) is 0 Å². The summed E-state index contributed by atoms with van der Waals surface area (Å²) in [5, 5.41) is 0. The van der Waals surface area contributed by atoms with Crippen molar-refractivity contribution < 1.29 is 0 Å². The fourth-order valence-electron chi connectivity index (χ4n) is 2.03. The van der Waals surface area contributed by atoms with Gasteiger partial charge in [0, 0.05) is 18.8 Å². The molecule has 1 aromatic carbocycles. The Kier molecular flexibility index (Phi) is 3.44. The Morgan fingerprint density at radius 2 is 2.13 bits per heavy atom. The smallest absolute Gasteiger partial charge is 0.0402 e. The first-order chi connectivity index (χ1) is 7.42. The number of fused-ring (bicyclic) bond motifs is 1. The number of hydrogen-bond donors (Lipinski definition) is 0. The van der Waals surface area contributed by atoms with E-state index in [-0.39, 0.29) is 0 Å². The maximum absolute atomic E-state index is 3.83. The van der Waals surface area contributed by atoms with Crippen molar-refractivity contribution in [3.63, 3.8) is 0 Å². The highest BCUT2D eigenvalue weighted by Crippen LogP contribution is 2.26. The van der Waals surface area contributed by atoms with Gasteiger partial charge in [0.15, 0.2) is 0 Å². The third-order valence-corrected chi connectivity index (χ3v) is 2.85. The average Bonchev–Trinajstić information content (AvgIpc) is 2.68. The first-order valence-corrected chi connectivity index (χ1v) is 5.69. The van der Waals surface area contributed by atoms with E-state index in [2.05, 4.69) is 48.2 Å². The predicted molar refractivity (Wildman–Crippen MR) is 66.1 cm³/mol. The molecule has 0 N–H and O–H groups in total. The number of nitrogens with zero attached hydrogens (tertiary/aromatic N) is 1. The SMILES string of the molecule is [CH2]CC/C=C/CN1CCc2ccccc21. The van der Waals surface area contributed by atoms with Gasteiger partial charge in [-0.1, -0.05) is 37.3 Å². The van der Waals surface area contributed by atoms with E-state index in [9.17, 15) is 0 Å². The fourth-order valence-corrected chi connectivity index (χ4v) is 2.03. The van der Waals surface area contributed by atoms with Gasteiger partial charge >= 0.3 is 0 Å². The molecule has 0 amide bonds. The highest BCUT2D eigenvalue weighted by atomic mass is 15.1. The van der Waals surface area contributed by atoms with Crippen LogP contribution in [0.25, 0.3) is 0 Å². The minimum atomic E-state index is 0.993. The van der Waals surface area contributed by atoms with Crippen molar-refractivity contribution >= 4 is 5.69 Å². The summed E-state index contributed by atoms with van der Waals surface area (Å²) in [5.41, 5.74) is 2.90. The molecule has 0 aromatic heterocycles. The van der Waals surface area contributed by atoms with Gasteiger partial charge in [0.05, 0.1) is 0 Å². The van der Waals surface area contributed by atoms with Crippen molar-refractivity contribution in [2.75, 3.05) is 18.0 Å². The predicted octanol–water partition coefficient (Wildman–Crippen LogP) is 3.22. The molecule has 0 spiro atoms. The van der Waals surface area contributed by atoms with Gasteiger partial charge in [-0.3, -0.25) is 0 Å². The van der Waals surface area contributed by atoms with E-state index in [1.807, 2.05) is 0 Å². The van der Waals surface area contributed by atoms with Crippen molar-refractivity contribution in [1.29, 1.82) is 0 Å². The second kappa shape index (κ2) is 5.01. The molecule has 15 heavy (non-hydrogen) atoms. The van der Waals surface area contributed by atoms with E-state index in [0.717, 1.165) is 25.9 Å². The Balaban J connectivity index is 1.96. The number of para-hydroxylation sites is 1. The molecule has 1 aliphatic rings. The summed E-state index contributed by atoms with van der Waals surface area (Å²) in [6.07, 6.45) is 7.77. The molecular formula is C14H18N. The average molecular weight is 200 g/mol. The zero-order chi connectivity index (χ0) is 10.5. The van der Waals surface area contributed by atoms with Gasteiger partial charge in [0.25, 0.3) is 0 Å². The number of benzene rings is 1. The highest BCUT2D eigenvalue weighted by Gasteiger charge is 2.16. The van der Waals surface area contributed by atoms with Crippen molar-refractivity contribution in [2.45, 2.75) is 19.3 Å². The van der Waals surface area contributed by atoms with Crippen molar-refractivity contribution in [1.82, 2.24) is 0 Å². The molecule has 0 unspecified atom stereocenters. The number of anilines is 1. The first-order valence-electron chi connectivity index (χ1n) is 5.69. The lowest BCUT2D eigenvalue weighted by Gasteiger charge is -2.16. The molecule has 0 saturated heterocycles. The van der Waals surface area contributed by atoms with E-state index in [4.69, 9.17) is 0 Å². The maximum Gasteiger partial charge on any atom is 0.0402 e. The largest absolute Gasteiger partial charge is 0.367 e. The molecule has 0 fully saturated rings. The number of rotatable bonds is 4. The van der Waals surface area contributed by atoms with Crippen LogP contribution in [0.15, 0.2) is 36.4 Å². The fraction of sp³-hybridized carbons (Fsp3) is 0.357. The quantitative estimate of drug-likeness (QED) is 0.674. The Hall–Kier alpha value is -1.24. The van der Waals surface area contributed by atoms with Crippen molar-refractivity contribution in [3.05, 3.63) is 48.9 Å². The normalized spacial score (nSPS) is 14.9. The van der Waals surface area contributed by atoms with Crippen LogP contribution in [0.1, 0.15) is 18.4 Å². The summed E-state index contributed by atoms with van der Waals surface area (Å²) in [6, 6.07) is 8.70. The van der Waals surface area contributed by atoms with Crippen LogP contribution in [0, 0.1) is 6.92 Å². The summed E-state index contributed by atoms with van der Waals surface area (Å²) < 4.78 is 0. The summed E-state index contributed by atoms with van der Waals surface area (Å²) >= 11 is 0. The first kappa shape index (κ1) is 10.3. The second-order valence-corrected chi connectivity index (χ2v) is 3.94. The molecule has 1 heteroatoms. The van der Waals surface area contributed by atoms with Crippen LogP contribution in [-0.4, -0.2) is 13.1 Å². The lowest BCUT2D eigenvalue weighted by atomic mass is 10.2. The Bertz CT molecular complexity index is 341. The third kappa shape index (κ3) is 2.41. The van der Waals surface area contributed by atoms with Crippen LogP contribution in [0.3, 0.4) is 0 Å². The van der Waals surface area contributed by atoms with E-state index in [1.54, 1.807) is 0 Å². The van der Waals surface area contributed by atoms with Crippen LogP contribution >= 0.6 is 0 Å². The Morgan fingerprint density at radius 3 is 3.00 bits per heavy atom. The lowest BCUT2D eigenvalue weighted by Crippen LogP contribution is -2.19. The zero-order valence-electron chi connectivity index (χ0n) is 9.15. The minimum absolute atomic E-state index is 0.993. The Morgan fingerprint density at radius 1 is 1.27 bits per heavy atom.